The van der Waals surface area contributed by atoms with E-state index in [1.807, 2.05) is 25.1 Å². The molecule has 1 saturated heterocycles. The monoisotopic (exact) mass is 543 g/mol. The summed E-state index contributed by atoms with van der Waals surface area (Å²) in [4.78, 5) is 35.1. The molecule has 1 N–H and O–H groups in total. The first-order chi connectivity index (χ1) is 17.7. The van der Waals surface area contributed by atoms with Crippen molar-refractivity contribution in [1.29, 1.82) is 0 Å². The highest BCUT2D eigenvalue weighted by atomic mass is 35.5. The Balaban J connectivity index is 1.59. The van der Waals surface area contributed by atoms with Gasteiger partial charge in [0, 0.05) is 41.0 Å². The van der Waals surface area contributed by atoms with Crippen molar-refractivity contribution < 1.29 is 9.13 Å². The number of nitrogens with zero attached hydrogens (tertiary/aromatic N) is 4. The minimum Gasteiger partial charge on any atom is -0.375 e. The first-order valence-corrected chi connectivity index (χ1v) is 13.3. The fourth-order valence-electron chi connectivity index (χ4n) is 4.66. The van der Waals surface area contributed by atoms with Gasteiger partial charge < -0.3 is 10.1 Å². The van der Waals surface area contributed by atoms with Crippen LogP contribution >= 0.6 is 22.9 Å². The summed E-state index contributed by atoms with van der Waals surface area (Å²) in [6, 6.07) is 5.36. The van der Waals surface area contributed by atoms with Crippen LogP contribution in [0.15, 0.2) is 40.3 Å². The predicted octanol–water partition coefficient (Wildman–Crippen LogP) is 3.94. The van der Waals surface area contributed by atoms with Crippen LogP contribution in [0.1, 0.15) is 35.9 Å². The van der Waals surface area contributed by atoms with Crippen molar-refractivity contribution >= 4 is 33.2 Å². The zero-order valence-electron chi connectivity index (χ0n) is 20.8. The number of hydrogen-bond acceptors (Lipinski definition) is 7. The normalized spacial score (nSPS) is 16.1. The number of halogens is 2. The number of ether oxygens (including phenoxy) is 1. The van der Waals surface area contributed by atoms with E-state index in [2.05, 4.69) is 15.3 Å². The first kappa shape index (κ1) is 25.7. The molecule has 0 amide bonds. The zero-order valence-corrected chi connectivity index (χ0v) is 22.3. The summed E-state index contributed by atoms with van der Waals surface area (Å²) in [6.45, 7) is 7.74. The number of aromatic nitrogens is 4. The number of fused-ring (bicyclic) bond motifs is 1. The minimum atomic E-state index is -0.964. The molecule has 1 fully saturated rings. The van der Waals surface area contributed by atoms with Crippen molar-refractivity contribution in [3.8, 4) is 11.3 Å². The fraction of sp³-hybridized carbons (Fsp3) is 0.385. The Morgan fingerprint density at radius 2 is 2.08 bits per heavy atom. The van der Waals surface area contributed by atoms with E-state index < -0.39 is 17.1 Å². The number of rotatable bonds is 6. The number of thiophene rings is 1. The van der Waals surface area contributed by atoms with Gasteiger partial charge in [-0.25, -0.2) is 14.8 Å². The van der Waals surface area contributed by atoms with Gasteiger partial charge in [-0.15, -0.1) is 11.3 Å². The third-order valence-electron chi connectivity index (χ3n) is 6.52. The number of benzene rings is 1. The topological polar surface area (TPSA) is 91.0 Å². The molecule has 1 aromatic carbocycles. The second kappa shape index (κ2) is 10.4. The van der Waals surface area contributed by atoms with Crippen LogP contribution in [-0.4, -0.2) is 44.9 Å². The highest BCUT2D eigenvalue weighted by molar-refractivity contribution is 7.19. The van der Waals surface area contributed by atoms with Crippen LogP contribution in [0.2, 0.25) is 5.02 Å². The molecule has 1 aliphatic rings. The van der Waals surface area contributed by atoms with E-state index in [0.29, 0.717) is 28.4 Å². The van der Waals surface area contributed by atoms with Crippen molar-refractivity contribution in [2.24, 2.45) is 0 Å². The Bertz CT molecular complexity index is 1590. The van der Waals surface area contributed by atoms with Gasteiger partial charge >= 0.3 is 5.69 Å². The van der Waals surface area contributed by atoms with Gasteiger partial charge in [0.2, 0.25) is 5.82 Å². The summed E-state index contributed by atoms with van der Waals surface area (Å²) in [5.74, 6) is -0.964. The van der Waals surface area contributed by atoms with Gasteiger partial charge in [0.25, 0.3) is 5.56 Å². The van der Waals surface area contributed by atoms with E-state index in [-0.39, 0.29) is 18.7 Å². The Kier molecular flexibility index (Phi) is 7.26. The molecule has 0 radical (unpaired) electrons. The predicted molar refractivity (Wildman–Crippen MR) is 143 cm³/mol. The van der Waals surface area contributed by atoms with Crippen LogP contribution in [-0.2, 0) is 17.7 Å². The quantitative estimate of drug-likeness (QED) is 0.396. The van der Waals surface area contributed by atoms with Gasteiger partial charge in [-0.05, 0) is 50.1 Å². The van der Waals surface area contributed by atoms with Gasteiger partial charge in [0.05, 0.1) is 41.4 Å². The van der Waals surface area contributed by atoms with E-state index in [1.54, 1.807) is 13.8 Å². The molecule has 4 heterocycles. The molecule has 194 valence electrons. The number of hydrogen-bond donors (Lipinski definition) is 1. The summed E-state index contributed by atoms with van der Waals surface area (Å²) in [5, 5.41) is 3.97. The largest absolute Gasteiger partial charge is 0.375 e. The van der Waals surface area contributed by atoms with Crippen molar-refractivity contribution in [3.05, 3.63) is 78.4 Å². The first-order valence-electron chi connectivity index (χ1n) is 12.1. The molecule has 1 atom stereocenters. The highest BCUT2D eigenvalue weighted by Gasteiger charge is 2.22. The van der Waals surface area contributed by atoms with Crippen LogP contribution < -0.4 is 16.6 Å². The minimum absolute atomic E-state index is 0.0339. The van der Waals surface area contributed by atoms with E-state index in [9.17, 15) is 14.0 Å². The molecule has 3 aromatic heterocycles. The zero-order chi connectivity index (χ0) is 26.3. The third-order valence-corrected chi connectivity index (χ3v) is 7.85. The molecule has 0 saturated carbocycles. The summed E-state index contributed by atoms with van der Waals surface area (Å²) < 4.78 is 23.2. The van der Waals surface area contributed by atoms with Gasteiger partial charge in [-0.3, -0.25) is 13.9 Å². The smallest absolute Gasteiger partial charge is 0.331 e. The molecule has 4 aromatic rings. The Labute approximate surface area is 221 Å². The molecular weight excluding hydrogens is 517 g/mol. The van der Waals surface area contributed by atoms with Gasteiger partial charge in [0.1, 0.15) is 6.33 Å². The van der Waals surface area contributed by atoms with Crippen LogP contribution in [0, 0.1) is 12.7 Å². The summed E-state index contributed by atoms with van der Waals surface area (Å²) in [6.07, 6.45) is 3.19. The van der Waals surface area contributed by atoms with Crippen molar-refractivity contribution in [1.82, 2.24) is 24.4 Å². The van der Waals surface area contributed by atoms with E-state index in [4.69, 9.17) is 16.3 Å². The maximum absolute atomic E-state index is 14.3. The van der Waals surface area contributed by atoms with Crippen LogP contribution in [0.5, 0.6) is 0 Å². The fourth-order valence-corrected chi connectivity index (χ4v) is 6.04. The summed E-state index contributed by atoms with van der Waals surface area (Å²) in [7, 11) is 0. The van der Waals surface area contributed by atoms with Gasteiger partial charge in [-0.2, -0.15) is 4.39 Å². The average molecular weight is 544 g/mol. The lowest BCUT2D eigenvalue weighted by atomic mass is 9.94. The summed E-state index contributed by atoms with van der Waals surface area (Å²) in [5.41, 5.74) is 2.92. The van der Waals surface area contributed by atoms with E-state index >= 15 is 0 Å². The third kappa shape index (κ3) is 5.11. The van der Waals surface area contributed by atoms with Crippen molar-refractivity contribution in [3.63, 3.8) is 0 Å². The highest BCUT2D eigenvalue weighted by Crippen LogP contribution is 2.37. The molecule has 1 aliphatic heterocycles. The lowest BCUT2D eigenvalue weighted by Gasteiger charge is -2.25. The van der Waals surface area contributed by atoms with Gasteiger partial charge in [0.15, 0.2) is 0 Å². The molecule has 8 nitrogen and oxygen atoms in total. The maximum Gasteiger partial charge on any atom is 0.331 e. The Hall–Kier alpha value is -2.92. The van der Waals surface area contributed by atoms with Crippen LogP contribution in [0.3, 0.4) is 0 Å². The molecule has 0 spiro atoms. The molecule has 0 bridgehead atoms. The lowest BCUT2D eigenvalue weighted by molar-refractivity contribution is 0.0292. The molecular formula is C26H27ClFN5O3S. The second-order valence-corrected chi connectivity index (χ2v) is 11.0. The van der Waals surface area contributed by atoms with Crippen LogP contribution in [0.4, 0.5) is 4.39 Å². The van der Waals surface area contributed by atoms with Crippen LogP contribution in [0.25, 0.3) is 21.5 Å². The van der Waals surface area contributed by atoms with E-state index in [1.165, 1.54) is 22.2 Å². The van der Waals surface area contributed by atoms with E-state index in [0.717, 1.165) is 50.9 Å². The van der Waals surface area contributed by atoms with Gasteiger partial charge in [-0.1, -0.05) is 11.6 Å². The average Bonchev–Trinajstić information content (AvgIpc) is 3.29. The summed E-state index contributed by atoms with van der Waals surface area (Å²) >= 11 is 7.85. The Morgan fingerprint density at radius 1 is 1.27 bits per heavy atom. The lowest BCUT2D eigenvalue weighted by Crippen LogP contribution is -2.41. The number of morpholine rings is 1. The molecule has 0 aliphatic carbocycles. The Morgan fingerprint density at radius 3 is 2.81 bits per heavy atom. The number of aryl methyl sites for hydroxylation is 1. The van der Waals surface area contributed by atoms with Crippen molar-refractivity contribution in [2.75, 3.05) is 19.7 Å². The second-order valence-electron chi connectivity index (χ2n) is 9.45. The number of nitrogens with one attached hydrogen (secondary N) is 1. The molecule has 37 heavy (non-hydrogen) atoms. The molecule has 5 rings (SSSR count). The SMILES string of the molecule is Cc1cc(Cl)cc(-c2ncnc3cc(Cn4c(=O)c(F)cn(C(C)C)c4=O)sc23)c1CC1CNCCO1. The molecule has 11 heteroatoms. The molecule has 1 unspecified atom stereocenters. The maximum atomic E-state index is 14.3. The standard InChI is InChI=1S/C26H27ClFN5O3S/c1-14(2)32-12-21(28)25(34)33(26(32)35)11-18-9-22-24(37-18)23(31-13-30-22)20-7-16(27)6-15(3)19(20)8-17-10-29-4-5-36-17/h6-7,9,12-14,17,29H,4-5,8,10-11H2,1-3H3. The van der Waals surface area contributed by atoms with Crippen molar-refractivity contribution in [2.45, 2.75) is 45.9 Å².